The minimum absolute atomic E-state index is 0.435. The Morgan fingerprint density at radius 3 is 3.06 bits per heavy atom. The van der Waals surface area contributed by atoms with Gasteiger partial charge in [-0.1, -0.05) is 6.92 Å². The van der Waals surface area contributed by atoms with E-state index in [2.05, 4.69) is 15.2 Å². The summed E-state index contributed by atoms with van der Waals surface area (Å²) in [6.45, 7) is 2.82. The smallest absolute Gasteiger partial charge is 0.313 e. The highest BCUT2D eigenvalue weighted by molar-refractivity contribution is 4.93. The van der Waals surface area contributed by atoms with Crippen molar-refractivity contribution in [3.8, 4) is 0 Å². The molecule has 1 aromatic heterocycles. The Bertz CT molecular complexity index is 361. The first-order valence-corrected chi connectivity index (χ1v) is 6.46. The van der Waals surface area contributed by atoms with Crippen LogP contribution >= 0.6 is 0 Å². The molecule has 102 valence electrons. The van der Waals surface area contributed by atoms with Crippen molar-refractivity contribution in [2.75, 3.05) is 19.6 Å². The van der Waals surface area contributed by atoms with E-state index in [1.807, 2.05) is 6.92 Å². The molecule has 0 amide bonds. The SMILES string of the molecule is CCN(Cc1nccn1C(F)F)CC1CCCN1. The summed E-state index contributed by atoms with van der Waals surface area (Å²) in [7, 11) is 0. The highest BCUT2D eigenvalue weighted by atomic mass is 19.3. The Kier molecular flexibility index (Phi) is 4.66. The van der Waals surface area contributed by atoms with Crippen LogP contribution in [0.15, 0.2) is 12.4 Å². The molecule has 0 spiro atoms. The third-order valence-electron chi connectivity index (χ3n) is 3.41. The fourth-order valence-corrected chi connectivity index (χ4v) is 2.37. The standard InChI is InChI=1S/C12H20F2N4/c1-2-17(8-10-4-3-5-15-10)9-11-16-6-7-18(11)12(13)14/h6-7,10,12,15H,2-5,8-9H2,1H3. The van der Waals surface area contributed by atoms with Crippen LogP contribution in [0.3, 0.4) is 0 Å². The number of alkyl halides is 2. The van der Waals surface area contributed by atoms with Crippen molar-refractivity contribution in [3.05, 3.63) is 18.2 Å². The Labute approximate surface area is 106 Å². The molecule has 0 bridgehead atoms. The van der Waals surface area contributed by atoms with E-state index in [4.69, 9.17) is 0 Å². The van der Waals surface area contributed by atoms with Gasteiger partial charge in [0.15, 0.2) is 0 Å². The van der Waals surface area contributed by atoms with Gasteiger partial charge in [-0.2, -0.15) is 8.78 Å². The fraction of sp³-hybridized carbons (Fsp3) is 0.750. The van der Waals surface area contributed by atoms with Crippen molar-refractivity contribution in [3.63, 3.8) is 0 Å². The summed E-state index contributed by atoms with van der Waals surface area (Å²) in [5.74, 6) is 0.435. The normalized spacial score (nSPS) is 20.2. The number of hydrogen-bond donors (Lipinski definition) is 1. The second-order valence-electron chi connectivity index (χ2n) is 4.65. The zero-order chi connectivity index (χ0) is 13.0. The molecule has 1 fully saturated rings. The number of nitrogens with one attached hydrogen (secondary N) is 1. The third-order valence-corrected chi connectivity index (χ3v) is 3.41. The van der Waals surface area contributed by atoms with Gasteiger partial charge in [-0.05, 0) is 25.9 Å². The summed E-state index contributed by atoms with van der Waals surface area (Å²) >= 11 is 0. The van der Waals surface area contributed by atoms with Gasteiger partial charge in [-0.3, -0.25) is 9.47 Å². The number of halogens is 2. The van der Waals surface area contributed by atoms with Crippen LogP contribution < -0.4 is 5.32 Å². The molecule has 6 heteroatoms. The van der Waals surface area contributed by atoms with Gasteiger partial charge in [-0.15, -0.1) is 0 Å². The molecule has 1 aliphatic rings. The largest absolute Gasteiger partial charge is 0.319 e. The molecule has 4 nitrogen and oxygen atoms in total. The van der Waals surface area contributed by atoms with Gasteiger partial charge in [0.2, 0.25) is 0 Å². The van der Waals surface area contributed by atoms with Crippen LogP contribution in [-0.2, 0) is 6.54 Å². The minimum Gasteiger partial charge on any atom is -0.313 e. The highest BCUT2D eigenvalue weighted by Gasteiger charge is 2.19. The van der Waals surface area contributed by atoms with Gasteiger partial charge in [0.1, 0.15) is 5.82 Å². The summed E-state index contributed by atoms with van der Waals surface area (Å²) in [6.07, 6.45) is 5.14. The number of aromatic nitrogens is 2. The van der Waals surface area contributed by atoms with Crippen molar-refractivity contribution in [2.24, 2.45) is 0 Å². The van der Waals surface area contributed by atoms with Crippen molar-refractivity contribution in [1.82, 2.24) is 19.8 Å². The third kappa shape index (κ3) is 3.26. The number of imidazole rings is 1. The first-order chi connectivity index (χ1) is 8.70. The Morgan fingerprint density at radius 1 is 1.61 bits per heavy atom. The first kappa shape index (κ1) is 13.4. The van der Waals surface area contributed by atoms with Gasteiger partial charge < -0.3 is 5.32 Å². The average molecular weight is 258 g/mol. The minimum atomic E-state index is -2.51. The van der Waals surface area contributed by atoms with Crippen molar-refractivity contribution in [2.45, 2.75) is 38.9 Å². The highest BCUT2D eigenvalue weighted by Crippen LogP contribution is 2.15. The summed E-state index contributed by atoms with van der Waals surface area (Å²) in [5.41, 5.74) is 0. The second-order valence-corrected chi connectivity index (χ2v) is 4.65. The molecule has 1 aromatic rings. The lowest BCUT2D eigenvalue weighted by molar-refractivity contribution is 0.0638. The van der Waals surface area contributed by atoms with E-state index in [0.717, 1.165) is 24.2 Å². The van der Waals surface area contributed by atoms with Crippen LogP contribution in [0.2, 0.25) is 0 Å². The molecule has 2 heterocycles. The summed E-state index contributed by atoms with van der Waals surface area (Å²) < 4.78 is 26.4. The quantitative estimate of drug-likeness (QED) is 0.845. The molecule has 0 aliphatic carbocycles. The lowest BCUT2D eigenvalue weighted by Gasteiger charge is -2.24. The van der Waals surface area contributed by atoms with Crippen molar-refractivity contribution in [1.29, 1.82) is 0 Å². The Hall–Kier alpha value is -1.01. The van der Waals surface area contributed by atoms with E-state index in [1.54, 1.807) is 0 Å². The van der Waals surface area contributed by atoms with Crippen LogP contribution in [-0.4, -0.2) is 40.1 Å². The molecule has 1 unspecified atom stereocenters. The molecule has 18 heavy (non-hydrogen) atoms. The molecule has 0 radical (unpaired) electrons. The average Bonchev–Trinajstić information content (AvgIpc) is 2.98. The van der Waals surface area contributed by atoms with E-state index in [9.17, 15) is 8.78 Å². The van der Waals surface area contributed by atoms with Crippen LogP contribution in [0.5, 0.6) is 0 Å². The van der Waals surface area contributed by atoms with Crippen LogP contribution in [0.25, 0.3) is 0 Å². The van der Waals surface area contributed by atoms with Gasteiger partial charge >= 0.3 is 6.55 Å². The van der Waals surface area contributed by atoms with E-state index in [0.29, 0.717) is 18.4 Å². The molecule has 1 N–H and O–H groups in total. The second kappa shape index (κ2) is 6.24. The maximum atomic E-state index is 12.7. The molecular formula is C12H20F2N4. The van der Waals surface area contributed by atoms with Gasteiger partial charge in [0, 0.05) is 25.0 Å². The van der Waals surface area contributed by atoms with Crippen LogP contribution in [0.1, 0.15) is 32.1 Å². The first-order valence-electron chi connectivity index (χ1n) is 6.46. The monoisotopic (exact) mass is 258 g/mol. The number of hydrogen-bond acceptors (Lipinski definition) is 3. The zero-order valence-corrected chi connectivity index (χ0v) is 10.6. The predicted octanol–water partition coefficient (Wildman–Crippen LogP) is 1.85. The van der Waals surface area contributed by atoms with E-state index in [-0.39, 0.29) is 0 Å². The molecule has 0 saturated carbocycles. The van der Waals surface area contributed by atoms with Crippen LogP contribution in [0, 0.1) is 0 Å². The molecular weight excluding hydrogens is 238 g/mol. The van der Waals surface area contributed by atoms with Crippen molar-refractivity contribution < 1.29 is 8.78 Å². The van der Waals surface area contributed by atoms with Crippen LogP contribution in [0.4, 0.5) is 8.78 Å². The topological polar surface area (TPSA) is 33.1 Å². The Balaban J connectivity index is 1.94. The molecule has 1 saturated heterocycles. The molecule has 0 aromatic carbocycles. The van der Waals surface area contributed by atoms with Gasteiger partial charge in [0.25, 0.3) is 0 Å². The summed E-state index contributed by atoms with van der Waals surface area (Å²) in [4.78, 5) is 6.18. The van der Waals surface area contributed by atoms with E-state index < -0.39 is 6.55 Å². The lowest BCUT2D eigenvalue weighted by Crippen LogP contribution is -2.37. The number of likely N-dealkylation sites (N-methyl/N-ethyl adjacent to an activating group) is 1. The maximum Gasteiger partial charge on any atom is 0.319 e. The Morgan fingerprint density at radius 2 is 2.44 bits per heavy atom. The maximum absolute atomic E-state index is 12.7. The van der Waals surface area contributed by atoms with Gasteiger partial charge in [0.05, 0.1) is 6.54 Å². The number of nitrogens with zero attached hydrogens (tertiary/aromatic N) is 3. The lowest BCUT2D eigenvalue weighted by atomic mass is 10.2. The fourth-order valence-electron chi connectivity index (χ4n) is 2.37. The summed E-state index contributed by atoms with van der Waals surface area (Å²) in [6, 6.07) is 0.486. The van der Waals surface area contributed by atoms with E-state index >= 15 is 0 Å². The molecule has 1 atom stereocenters. The predicted molar refractivity (Wildman–Crippen MR) is 65.5 cm³/mol. The van der Waals surface area contributed by atoms with Gasteiger partial charge in [-0.25, -0.2) is 4.98 Å². The van der Waals surface area contributed by atoms with E-state index in [1.165, 1.54) is 25.2 Å². The zero-order valence-electron chi connectivity index (χ0n) is 10.6. The van der Waals surface area contributed by atoms with Crippen molar-refractivity contribution >= 4 is 0 Å². The summed E-state index contributed by atoms with van der Waals surface area (Å²) in [5, 5.41) is 3.42. The number of rotatable bonds is 6. The molecule has 2 rings (SSSR count). The molecule has 1 aliphatic heterocycles.